The third-order valence-electron chi connectivity index (χ3n) is 2.53. The fraction of sp³-hybridized carbons (Fsp3) is 0.500. The van der Waals surface area contributed by atoms with Crippen molar-refractivity contribution in [1.82, 2.24) is 0 Å². The van der Waals surface area contributed by atoms with E-state index in [4.69, 9.17) is 5.53 Å². The van der Waals surface area contributed by atoms with Gasteiger partial charge < -0.3 is 0 Å². The molecule has 0 bridgehead atoms. The molecule has 0 amide bonds. The standard InChI is InChI=1S/C10H11N3.C2H6/c11-13-12-10-7-3-5-8-4-1-2-6-9(8)10;1-2/h1-2,4,6,10H,3,5,7H2;1-2H3/t10-;/m1./s1. The van der Waals surface area contributed by atoms with Crippen molar-refractivity contribution in [3.8, 4) is 0 Å². The smallest absolute Gasteiger partial charge is 0.0628 e. The Kier molecular flexibility index (Phi) is 4.72. The highest BCUT2D eigenvalue weighted by Gasteiger charge is 2.17. The second kappa shape index (κ2) is 6.10. The van der Waals surface area contributed by atoms with Crippen LogP contribution in [0.25, 0.3) is 10.4 Å². The van der Waals surface area contributed by atoms with E-state index in [1.807, 2.05) is 26.0 Å². The van der Waals surface area contributed by atoms with Crippen molar-refractivity contribution in [3.63, 3.8) is 0 Å². The van der Waals surface area contributed by atoms with Crippen LogP contribution in [0.4, 0.5) is 0 Å². The first-order valence-corrected chi connectivity index (χ1v) is 5.54. The summed E-state index contributed by atoms with van der Waals surface area (Å²) in [7, 11) is 0. The lowest BCUT2D eigenvalue weighted by atomic mass is 9.88. The van der Waals surface area contributed by atoms with E-state index in [1.165, 1.54) is 11.1 Å². The Labute approximate surface area is 90.8 Å². The van der Waals surface area contributed by atoms with Gasteiger partial charge in [-0.3, -0.25) is 0 Å². The Bertz CT molecular complexity index is 354. The average molecular weight is 203 g/mol. The largest absolute Gasteiger partial charge is 0.0859 e. The summed E-state index contributed by atoms with van der Waals surface area (Å²) in [6.45, 7) is 4.00. The van der Waals surface area contributed by atoms with Crippen molar-refractivity contribution in [2.24, 2.45) is 5.11 Å². The van der Waals surface area contributed by atoms with Crippen LogP contribution < -0.4 is 0 Å². The Morgan fingerprint density at radius 1 is 1.33 bits per heavy atom. The molecule has 0 spiro atoms. The number of rotatable bonds is 1. The Balaban J connectivity index is 0.000000531. The van der Waals surface area contributed by atoms with Gasteiger partial charge in [0, 0.05) is 4.91 Å². The van der Waals surface area contributed by atoms with Gasteiger partial charge in [-0.2, -0.15) is 0 Å². The molecule has 0 saturated heterocycles. The predicted octanol–water partition coefficient (Wildman–Crippen LogP) is 4.40. The molecule has 0 unspecified atom stereocenters. The zero-order valence-corrected chi connectivity index (χ0v) is 9.35. The van der Waals surface area contributed by atoms with Crippen LogP contribution in [0.3, 0.4) is 0 Å². The van der Waals surface area contributed by atoms with Crippen LogP contribution in [-0.4, -0.2) is 0 Å². The van der Waals surface area contributed by atoms with Gasteiger partial charge in [0.1, 0.15) is 0 Å². The quantitative estimate of drug-likeness (QED) is 0.369. The first-order chi connectivity index (χ1) is 7.42. The number of azide groups is 1. The van der Waals surface area contributed by atoms with E-state index >= 15 is 0 Å². The van der Waals surface area contributed by atoms with Gasteiger partial charge in [-0.1, -0.05) is 43.2 Å². The van der Waals surface area contributed by atoms with Crippen LogP contribution in [0.5, 0.6) is 0 Å². The van der Waals surface area contributed by atoms with Crippen LogP contribution in [0.2, 0.25) is 0 Å². The molecule has 0 fully saturated rings. The molecule has 3 heteroatoms. The van der Waals surface area contributed by atoms with Gasteiger partial charge in [0.25, 0.3) is 0 Å². The maximum Gasteiger partial charge on any atom is 0.0628 e. The Morgan fingerprint density at radius 3 is 2.80 bits per heavy atom. The fourth-order valence-electron chi connectivity index (χ4n) is 1.91. The van der Waals surface area contributed by atoms with Crippen molar-refractivity contribution in [3.05, 3.63) is 45.8 Å². The molecule has 2 rings (SSSR count). The van der Waals surface area contributed by atoms with Gasteiger partial charge in [0.15, 0.2) is 0 Å². The van der Waals surface area contributed by atoms with Gasteiger partial charge in [-0.25, -0.2) is 0 Å². The van der Waals surface area contributed by atoms with Gasteiger partial charge in [-0.05, 0) is 35.9 Å². The number of hydrogen-bond acceptors (Lipinski definition) is 1. The third kappa shape index (κ3) is 2.74. The molecule has 15 heavy (non-hydrogen) atoms. The summed E-state index contributed by atoms with van der Waals surface area (Å²) in [4.78, 5) is 2.88. The zero-order valence-electron chi connectivity index (χ0n) is 9.35. The SMILES string of the molecule is CC.[N-]=[N+]=N[C@@H]1CCCc2ccccc21. The molecule has 80 valence electrons. The fourth-order valence-corrected chi connectivity index (χ4v) is 1.91. The van der Waals surface area contributed by atoms with Crippen molar-refractivity contribution >= 4 is 0 Å². The van der Waals surface area contributed by atoms with Crippen LogP contribution in [0.15, 0.2) is 29.4 Å². The summed E-state index contributed by atoms with van der Waals surface area (Å²) in [5.41, 5.74) is 11.0. The first kappa shape index (κ1) is 11.6. The summed E-state index contributed by atoms with van der Waals surface area (Å²) in [5, 5.41) is 3.81. The van der Waals surface area contributed by atoms with Crippen molar-refractivity contribution in [2.75, 3.05) is 0 Å². The molecule has 1 atom stereocenters. The van der Waals surface area contributed by atoms with E-state index < -0.39 is 0 Å². The third-order valence-corrected chi connectivity index (χ3v) is 2.53. The minimum atomic E-state index is 0.0648. The summed E-state index contributed by atoms with van der Waals surface area (Å²) < 4.78 is 0. The van der Waals surface area contributed by atoms with Crippen LogP contribution in [0.1, 0.15) is 43.9 Å². The van der Waals surface area contributed by atoms with E-state index in [0.717, 1.165) is 19.3 Å². The molecule has 1 aromatic carbocycles. The van der Waals surface area contributed by atoms with E-state index in [2.05, 4.69) is 22.2 Å². The molecule has 0 N–H and O–H groups in total. The van der Waals surface area contributed by atoms with Gasteiger partial charge in [0.05, 0.1) is 6.04 Å². The maximum atomic E-state index is 8.40. The summed E-state index contributed by atoms with van der Waals surface area (Å²) >= 11 is 0. The highest BCUT2D eigenvalue weighted by molar-refractivity contribution is 5.32. The van der Waals surface area contributed by atoms with Crippen LogP contribution in [0, 0.1) is 0 Å². The molecule has 1 aromatic rings. The molecule has 0 radical (unpaired) electrons. The van der Waals surface area contributed by atoms with Crippen LogP contribution >= 0.6 is 0 Å². The summed E-state index contributed by atoms with van der Waals surface area (Å²) in [5.74, 6) is 0. The molecule has 0 saturated carbocycles. The average Bonchev–Trinajstić information content (AvgIpc) is 2.33. The first-order valence-electron chi connectivity index (χ1n) is 5.54. The molecule has 3 nitrogen and oxygen atoms in total. The second-order valence-electron chi connectivity index (χ2n) is 3.31. The number of hydrogen-bond donors (Lipinski definition) is 0. The zero-order chi connectivity index (χ0) is 11.1. The van der Waals surface area contributed by atoms with Gasteiger partial charge in [-0.15, -0.1) is 0 Å². The Hall–Kier alpha value is -1.47. The predicted molar refractivity (Wildman–Crippen MR) is 62.6 cm³/mol. The number of aryl methyl sites for hydroxylation is 1. The monoisotopic (exact) mass is 203 g/mol. The van der Waals surface area contributed by atoms with Crippen LogP contribution in [-0.2, 0) is 6.42 Å². The lowest BCUT2D eigenvalue weighted by molar-refractivity contribution is 0.568. The highest BCUT2D eigenvalue weighted by Crippen LogP contribution is 2.32. The maximum absolute atomic E-state index is 8.40. The molecule has 1 aliphatic carbocycles. The summed E-state index contributed by atoms with van der Waals surface area (Å²) in [6.07, 6.45) is 3.23. The lowest BCUT2D eigenvalue weighted by Crippen LogP contribution is -2.06. The van der Waals surface area contributed by atoms with E-state index in [0.29, 0.717) is 0 Å². The molecule has 0 heterocycles. The van der Waals surface area contributed by atoms with E-state index in [9.17, 15) is 0 Å². The second-order valence-corrected chi connectivity index (χ2v) is 3.31. The lowest BCUT2D eigenvalue weighted by Gasteiger charge is -2.21. The minimum Gasteiger partial charge on any atom is -0.0859 e. The molecular weight excluding hydrogens is 186 g/mol. The number of fused-ring (bicyclic) bond motifs is 1. The van der Waals surface area contributed by atoms with Crippen molar-refractivity contribution < 1.29 is 0 Å². The highest BCUT2D eigenvalue weighted by atomic mass is 15.1. The van der Waals surface area contributed by atoms with E-state index in [-0.39, 0.29) is 6.04 Å². The van der Waals surface area contributed by atoms with Gasteiger partial charge in [0.2, 0.25) is 0 Å². The molecule has 0 aromatic heterocycles. The molecule has 1 aliphatic rings. The molecule has 0 aliphatic heterocycles. The van der Waals surface area contributed by atoms with E-state index in [1.54, 1.807) is 0 Å². The number of benzene rings is 1. The van der Waals surface area contributed by atoms with Crippen molar-refractivity contribution in [2.45, 2.75) is 39.2 Å². The number of nitrogens with zero attached hydrogens (tertiary/aromatic N) is 3. The molecular formula is C12H17N3. The Morgan fingerprint density at radius 2 is 2.07 bits per heavy atom. The minimum absolute atomic E-state index is 0.0648. The van der Waals surface area contributed by atoms with Crippen molar-refractivity contribution in [1.29, 1.82) is 0 Å². The summed E-state index contributed by atoms with van der Waals surface area (Å²) in [6, 6.07) is 8.29. The normalized spacial score (nSPS) is 17.9. The van der Waals surface area contributed by atoms with Gasteiger partial charge >= 0.3 is 0 Å². The topological polar surface area (TPSA) is 48.8 Å².